The Kier molecular flexibility index (Phi) is 6.77. The maximum atomic E-state index is 13.3. The third-order valence-corrected chi connectivity index (χ3v) is 7.27. The van der Waals surface area contributed by atoms with Gasteiger partial charge in [0.2, 0.25) is 5.91 Å². The maximum absolute atomic E-state index is 13.3. The van der Waals surface area contributed by atoms with Crippen LogP contribution in [0.15, 0.2) is 0 Å². The zero-order valence-corrected chi connectivity index (χ0v) is 19.9. The lowest BCUT2D eigenvalue weighted by molar-refractivity contribution is -0.141. The number of amides is 1. The van der Waals surface area contributed by atoms with Gasteiger partial charge in [0.05, 0.1) is 28.9 Å². The quantitative estimate of drug-likeness (QED) is 0.473. The molecule has 6 nitrogen and oxygen atoms in total. The van der Waals surface area contributed by atoms with E-state index >= 15 is 0 Å². The summed E-state index contributed by atoms with van der Waals surface area (Å²) in [6.07, 6.45) is 0.0132. The van der Waals surface area contributed by atoms with Crippen molar-refractivity contribution in [1.82, 2.24) is 9.78 Å². The first-order chi connectivity index (χ1) is 15.6. The average Bonchev–Trinajstić information content (AvgIpc) is 3.39. The van der Waals surface area contributed by atoms with Crippen molar-refractivity contribution < 1.29 is 27.5 Å². The highest BCUT2D eigenvalue weighted by molar-refractivity contribution is 7.17. The number of aryl methyl sites for hydroxylation is 2. The topological polar surface area (TPSA) is 73.2 Å². The second-order valence-corrected chi connectivity index (χ2v) is 10.2. The van der Waals surface area contributed by atoms with Gasteiger partial charge < -0.3 is 10.1 Å². The Morgan fingerprint density at radius 3 is 2.61 bits per heavy atom. The van der Waals surface area contributed by atoms with E-state index in [1.165, 1.54) is 16.0 Å². The summed E-state index contributed by atoms with van der Waals surface area (Å²) in [6.45, 7) is 3.48. The number of thiophene rings is 1. The summed E-state index contributed by atoms with van der Waals surface area (Å²) in [5.41, 5.74) is 0.550. The van der Waals surface area contributed by atoms with E-state index in [9.17, 15) is 22.8 Å². The first-order valence-electron chi connectivity index (χ1n) is 11.0. The number of nitrogens with one attached hydrogen (secondary N) is 1. The Labute approximate surface area is 198 Å². The molecule has 0 aromatic carbocycles. The van der Waals surface area contributed by atoms with Crippen LogP contribution in [0.1, 0.15) is 84.1 Å². The minimum absolute atomic E-state index is 0.0374. The number of fused-ring (bicyclic) bond motifs is 1. The van der Waals surface area contributed by atoms with Crippen molar-refractivity contribution in [3.8, 4) is 0 Å². The molecular weight excluding hydrogens is 479 g/mol. The lowest BCUT2D eigenvalue weighted by Gasteiger charge is -2.14. The second-order valence-electron chi connectivity index (χ2n) is 8.71. The number of halogens is 4. The van der Waals surface area contributed by atoms with Gasteiger partial charge in [-0.1, -0.05) is 11.6 Å². The lowest BCUT2D eigenvalue weighted by Crippen LogP contribution is -2.19. The highest BCUT2D eigenvalue weighted by atomic mass is 35.5. The second kappa shape index (κ2) is 9.29. The molecule has 0 unspecified atom stereocenters. The van der Waals surface area contributed by atoms with Gasteiger partial charge in [-0.05, 0) is 57.9 Å². The van der Waals surface area contributed by atoms with E-state index in [1.807, 2.05) is 0 Å². The maximum Gasteiger partial charge on any atom is 0.436 e. The summed E-state index contributed by atoms with van der Waals surface area (Å²) in [4.78, 5) is 26.5. The highest BCUT2D eigenvalue weighted by Gasteiger charge is 2.42. The number of esters is 1. The summed E-state index contributed by atoms with van der Waals surface area (Å²) < 4.78 is 46.4. The van der Waals surface area contributed by atoms with Crippen LogP contribution in [0.5, 0.6) is 0 Å². The van der Waals surface area contributed by atoms with Gasteiger partial charge >= 0.3 is 12.1 Å². The minimum atomic E-state index is -4.66. The summed E-state index contributed by atoms with van der Waals surface area (Å²) in [5.74, 6) is -0.941. The van der Waals surface area contributed by atoms with E-state index in [2.05, 4.69) is 10.4 Å². The van der Waals surface area contributed by atoms with Gasteiger partial charge in [0, 0.05) is 17.2 Å². The van der Waals surface area contributed by atoms with Crippen molar-refractivity contribution >= 4 is 39.8 Å². The van der Waals surface area contributed by atoms with Gasteiger partial charge in [0.25, 0.3) is 0 Å². The molecule has 0 aliphatic heterocycles. The molecule has 0 radical (unpaired) electrons. The molecule has 4 rings (SSSR count). The first-order valence-corrected chi connectivity index (χ1v) is 12.2. The molecule has 1 saturated carbocycles. The standard InChI is InChI=1S/C22H25ClF3N3O3S/c1-11(2)32-21(31)16-13-5-3-4-6-14(13)33-20(16)27-15(30)9-10-29-18(12-7-8-12)17(23)19(28-29)22(24,25)26/h11-12H,3-10H2,1-2H3,(H,27,30). The van der Waals surface area contributed by atoms with E-state index in [0.717, 1.165) is 49.0 Å². The number of carbonyl (C=O) groups excluding carboxylic acids is 2. The van der Waals surface area contributed by atoms with Crippen molar-refractivity contribution in [2.24, 2.45) is 0 Å². The normalized spacial score (nSPS) is 16.1. The lowest BCUT2D eigenvalue weighted by atomic mass is 9.95. The molecule has 2 aromatic rings. The molecule has 11 heteroatoms. The third kappa shape index (κ3) is 5.21. The molecule has 180 valence electrons. The number of anilines is 1. The SMILES string of the molecule is CC(C)OC(=O)c1c(NC(=O)CCn2nc(C(F)(F)F)c(Cl)c2C2CC2)sc2c1CCCC2. The Balaban J connectivity index is 1.51. The van der Waals surface area contributed by atoms with Crippen molar-refractivity contribution in [2.75, 3.05) is 5.32 Å². The monoisotopic (exact) mass is 503 g/mol. The summed E-state index contributed by atoms with van der Waals surface area (Å²) in [6, 6.07) is 0. The molecule has 0 atom stereocenters. The van der Waals surface area contributed by atoms with Gasteiger partial charge in [0.1, 0.15) is 5.00 Å². The van der Waals surface area contributed by atoms with Crippen LogP contribution >= 0.6 is 22.9 Å². The van der Waals surface area contributed by atoms with E-state index < -0.39 is 23.7 Å². The van der Waals surface area contributed by atoms with Crippen LogP contribution in [0.3, 0.4) is 0 Å². The number of aromatic nitrogens is 2. The molecule has 2 heterocycles. The fourth-order valence-corrected chi connectivity index (χ4v) is 5.78. The number of carbonyl (C=O) groups is 2. The Bertz CT molecular complexity index is 1070. The highest BCUT2D eigenvalue weighted by Crippen LogP contribution is 2.47. The minimum Gasteiger partial charge on any atom is -0.459 e. The van der Waals surface area contributed by atoms with Crippen LogP contribution in [0.2, 0.25) is 5.02 Å². The summed E-state index contributed by atoms with van der Waals surface area (Å²) >= 11 is 7.37. The van der Waals surface area contributed by atoms with Crippen LogP contribution in [-0.2, 0) is 35.1 Å². The number of alkyl halides is 3. The number of hydrogen-bond acceptors (Lipinski definition) is 5. The van der Waals surface area contributed by atoms with Crippen molar-refractivity contribution in [1.29, 1.82) is 0 Å². The number of rotatable bonds is 7. The van der Waals surface area contributed by atoms with Gasteiger partial charge in [0.15, 0.2) is 5.69 Å². The predicted molar refractivity (Wildman–Crippen MR) is 119 cm³/mol. The molecule has 2 aromatic heterocycles. The number of ether oxygens (including phenoxy) is 1. The summed E-state index contributed by atoms with van der Waals surface area (Å²) in [7, 11) is 0. The average molecular weight is 504 g/mol. The van der Waals surface area contributed by atoms with Crippen LogP contribution < -0.4 is 5.32 Å². The van der Waals surface area contributed by atoms with Crippen molar-refractivity contribution in [2.45, 2.75) is 83.5 Å². The summed E-state index contributed by atoms with van der Waals surface area (Å²) in [5, 5.41) is 6.51. The fourth-order valence-electron chi connectivity index (χ4n) is 4.09. The molecule has 33 heavy (non-hydrogen) atoms. The van der Waals surface area contributed by atoms with Crippen LogP contribution in [0, 0.1) is 0 Å². The molecule has 1 fully saturated rings. The Morgan fingerprint density at radius 1 is 1.27 bits per heavy atom. The molecule has 1 N–H and O–H groups in total. The van der Waals surface area contributed by atoms with E-state index in [-0.39, 0.29) is 30.0 Å². The van der Waals surface area contributed by atoms with Gasteiger partial charge in [-0.15, -0.1) is 11.3 Å². The van der Waals surface area contributed by atoms with E-state index in [0.29, 0.717) is 16.3 Å². The Hall–Kier alpha value is -2.07. The van der Waals surface area contributed by atoms with Gasteiger partial charge in [-0.25, -0.2) is 4.79 Å². The van der Waals surface area contributed by atoms with E-state index in [1.54, 1.807) is 13.8 Å². The molecule has 2 aliphatic carbocycles. The largest absolute Gasteiger partial charge is 0.459 e. The smallest absolute Gasteiger partial charge is 0.436 e. The van der Waals surface area contributed by atoms with E-state index in [4.69, 9.17) is 16.3 Å². The van der Waals surface area contributed by atoms with Crippen LogP contribution in [-0.4, -0.2) is 27.8 Å². The molecule has 0 saturated heterocycles. The van der Waals surface area contributed by atoms with Crippen LogP contribution in [0.25, 0.3) is 0 Å². The fraction of sp³-hybridized carbons (Fsp3) is 0.591. The molecule has 1 amide bonds. The number of hydrogen-bond donors (Lipinski definition) is 1. The molecule has 2 aliphatic rings. The van der Waals surface area contributed by atoms with Crippen LogP contribution in [0.4, 0.5) is 18.2 Å². The molecule has 0 bridgehead atoms. The van der Waals surface area contributed by atoms with Gasteiger partial charge in [-0.3, -0.25) is 9.48 Å². The van der Waals surface area contributed by atoms with Crippen molar-refractivity contribution in [3.63, 3.8) is 0 Å². The molecular formula is C22H25ClF3N3O3S. The van der Waals surface area contributed by atoms with Gasteiger partial charge in [-0.2, -0.15) is 18.3 Å². The number of nitrogens with zero attached hydrogens (tertiary/aromatic N) is 2. The molecule has 0 spiro atoms. The zero-order valence-electron chi connectivity index (χ0n) is 18.4. The first kappa shape index (κ1) is 24.1. The zero-order chi connectivity index (χ0) is 23.9. The third-order valence-electron chi connectivity index (χ3n) is 5.69. The predicted octanol–water partition coefficient (Wildman–Crippen LogP) is 5.97. The van der Waals surface area contributed by atoms with Crippen molar-refractivity contribution in [3.05, 3.63) is 32.4 Å². The Morgan fingerprint density at radius 2 is 1.97 bits per heavy atom.